The molecule has 2 atom stereocenters. The summed E-state index contributed by atoms with van der Waals surface area (Å²) in [5.74, 6) is 0.634. The van der Waals surface area contributed by atoms with Crippen LogP contribution in [0.15, 0.2) is 24.3 Å². The summed E-state index contributed by atoms with van der Waals surface area (Å²) in [5, 5.41) is 0.0598. The van der Waals surface area contributed by atoms with E-state index in [9.17, 15) is 9.00 Å². The van der Waals surface area contributed by atoms with Crippen LogP contribution in [0.25, 0.3) is 0 Å². The minimum atomic E-state index is -1.09. The molecule has 0 N–H and O–H groups in total. The summed E-state index contributed by atoms with van der Waals surface area (Å²) in [6.07, 6.45) is 0.817. The SMILES string of the molecule is CCC(C)S(=O)CC(=O)c1cccc(OC)c1. The molecule has 1 aromatic carbocycles. The molecule has 0 saturated heterocycles. The lowest BCUT2D eigenvalue weighted by Gasteiger charge is -2.08. The lowest BCUT2D eigenvalue weighted by atomic mass is 10.1. The van der Waals surface area contributed by atoms with E-state index in [4.69, 9.17) is 4.74 Å². The summed E-state index contributed by atoms with van der Waals surface area (Å²) in [6, 6.07) is 6.94. The molecule has 0 saturated carbocycles. The second-order valence-electron chi connectivity index (χ2n) is 3.90. The van der Waals surface area contributed by atoms with Crippen molar-refractivity contribution in [2.45, 2.75) is 25.5 Å². The van der Waals surface area contributed by atoms with Crippen LogP contribution in [0.3, 0.4) is 0 Å². The van der Waals surface area contributed by atoms with Crippen LogP contribution in [0.5, 0.6) is 5.75 Å². The Hall–Kier alpha value is -1.16. The summed E-state index contributed by atoms with van der Waals surface area (Å²) in [5.41, 5.74) is 0.556. The fourth-order valence-corrected chi connectivity index (χ4v) is 2.42. The van der Waals surface area contributed by atoms with Gasteiger partial charge in [0.1, 0.15) is 5.75 Å². The van der Waals surface area contributed by atoms with Gasteiger partial charge < -0.3 is 4.74 Å². The van der Waals surface area contributed by atoms with Crippen molar-refractivity contribution in [2.24, 2.45) is 0 Å². The Morgan fingerprint density at radius 1 is 1.47 bits per heavy atom. The summed E-state index contributed by atoms with van der Waals surface area (Å²) >= 11 is 0. The molecule has 0 aromatic heterocycles. The average molecular weight is 254 g/mol. The summed E-state index contributed by atoms with van der Waals surface area (Å²) in [4.78, 5) is 11.9. The molecular weight excluding hydrogens is 236 g/mol. The summed E-state index contributed by atoms with van der Waals surface area (Å²) in [7, 11) is 0.462. The predicted octanol–water partition coefficient (Wildman–Crippen LogP) is 2.43. The van der Waals surface area contributed by atoms with Gasteiger partial charge >= 0.3 is 0 Å². The Kier molecular flexibility index (Phi) is 5.35. The smallest absolute Gasteiger partial charge is 0.175 e. The second-order valence-corrected chi connectivity index (χ2v) is 5.75. The predicted molar refractivity (Wildman–Crippen MR) is 70.1 cm³/mol. The van der Waals surface area contributed by atoms with Crippen LogP contribution in [-0.4, -0.2) is 28.1 Å². The van der Waals surface area contributed by atoms with E-state index >= 15 is 0 Å². The molecule has 0 heterocycles. The van der Waals surface area contributed by atoms with Crippen molar-refractivity contribution in [2.75, 3.05) is 12.9 Å². The van der Waals surface area contributed by atoms with Gasteiger partial charge in [-0.3, -0.25) is 9.00 Å². The number of methoxy groups -OCH3 is 1. The third-order valence-electron chi connectivity index (χ3n) is 2.69. The van der Waals surface area contributed by atoms with Crippen molar-refractivity contribution in [1.82, 2.24) is 0 Å². The molecule has 0 bridgehead atoms. The highest BCUT2D eigenvalue weighted by Gasteiger charge is 2.15. The van der Waals surface area contributed by atoms with E-state index in [1.54, 1.807) is 31.4 Å². The molecule has 0 aliphatic heterocycles. The van der Waals surface area contributed by atoms with Gasteiger partial charge in [0, 0.05) is 21.6 Å². The molecule has 3 nitrogen and oxygen atoms in total. The van der Waals surface area contributed by atoms with Crippen LogP contribution in [0.2, 0.25) is 0 Å². The van der Waals surface area contributed by atoms with Crippen LogP contribution in [-0.2, 0) is 10.8 Å². The fraction of sp³-hybridized carbons (Fsp3) is 0.462. The van der Waals surface area contributed by atoms with Crippen molar-refractivity contribution in [1.29, 1.82) is 0 Å². The molecule has 0 aliphatic carbocycles. The van der Waals surface area contributed by atoms with Crippen LogP contribution in [0.1, 0.15) is 30.6 Å². The third-order valence-corrected chi connectivity index (χ3v) is 4.47. The molecule has 4 heteroatoms. The molecule has 17 heavy (non-hydrogen) atoms. The van der Waals surface area contributed by atoms with Crippen molar-refractivity contribution in [3.63, 3.8) is 0 Å². The standard InChI is InChI=1S/C13H18O3S/c1-4-10(2)17(15)9-13(14)11-6-5-7-12(8-11)16-3/h5-8,10H,4,9H2,1-3H3. The van der Waals surface area contributed by atoms with E-state index in [0.717, 1.165) is 6.42 Å². The molecule has 94 valence electrons. The molecule has 0 fully saturated rings. The van der Waals surface area contributed by atoms with E-state index in [1.165, 1.54) is 0 Å². The van der Waals surface area contributed by atoms with Crippen LogP contribution >= 0.6 is 0 Å². The topological polar surface area (TPSA) is 43.4 Å². The highest BCUT2D eigenvalue weighted by Crippen LogP contribution is 2.14. The lowest BCUT2D eigenvalue weighted by molar-refractivity contribution is 0.102. The van der Waals surface area contributed by atoms with Crippen molar-refractivity contribution in [3.05, 3.63) is 29.8 Å². The Bertz CT molecular complexity index is 415. The number of Topliss-reactive ketones (excluding diaryl/α,β-unsaturated/α-hetero) is 1. The molecule has 2 unspecified atom stereocenters. The Labute approximate surface area is 105 Å². The third kappa shape index (κ3) is 3.97. The summed E-state index contributed by atoms with van der Waals surface area (Å²) < 4.78 is 16.8. The largest absolute Gasteiger partial charge is 0.497 e. The molecule has 0 radical (unpaired) electrons. The normalized spacial score (nSPS) is 14.1. The quantitative estimate of drug-likeness (QED) is 0.732. The van der Waals surface area contributed by atoms with Crippen molar-refractivity contribution in [3.8, 4) is 5.75 Å². The first-order chi connectivity index (χ1) is 8.08. The fourth-order valence-electron chi connectivity index (χ4n) is 1.34. The van der Waals surface area contributed by atoms with Gasteiger partial charge in [0.2, 0.25) is 0 Å². The molecule has 1 rings (SSSR count). The van der Waals surface area contributed by atoms with E-state index in [-0.39, 0.29) is 16.8 Å². The van der Waals surface area contributed by atoms with E-state index in [1.807, 2.05) is 13.8 Å². The van der Waals surface area contributed by atoms with E-state index < -0.39 is 10.8 Å². The first kappa shape index (κ1) is 13.9. The van der Waals surface area contributed by atoms with Crippen molar-refractivity contribution >= 4 is 16.6 Å². The Morgan fingerprint density at radius 2 is 2.18 bits per heavy atom. The van der Waals surface area contributed by atoms with Gasteiger partial charge in [-0.05, 0) is 18.6 Å². The van der Waals surface area contributed by atoms with Crippen LogP contribution < -0.4 is 4.74 Å². The Balaban J connectivity index is 2.73. The number of benzene rings is 1. The number of rotatable bonds is 6. The minimum absolute atomic E-state index is 0.0598. The summed E-state index contributed by atoms with van der Waals surface area (Å²) in [6.45, 7) is 3.87. The van der Waals surface area contributed by atoms with Gasteiger partial charge in [-0.25, -0.2) is 0 Å². The van der Waals surface area contributed by atoms with Gasteiger partial charge in [0.05, 0.1) is 12.9 Å². The first-order valence-corrected chi connectivity index (χ1v) is 7.01. The molecule has 1 aromatic rings. The molecule has 0 spiro atoms. The number of ketones is 1. The highest BCUT2D eigenvalue weighted by atomic mass is 32.2. The molecule has 0 aliphatic rings. The van der Waals surface area contributed by atoms with Gasteiger partial charge in [-0.1, -0.05) is 26.0 Å². The van der Waals surface area contributed by atoms with Gasteiger partial charge in [0.15, 0.2) is 5.78 Å². The lowest BCUT2D eigenvalue weighted by Crippen LogP contribution is -2.19. The maximum absolute atomic E-state index is 11.9. The Morgan fingerprint density at radius 3 is 2.76 bits per heavy atom. The maximum atomic E-state index is 11.9. The average Bonchev–Trinajstić information content (AvgIpc) is 2.37. The monoisotopic (exact) mass is 254 g/mol. The van der Waals surface area contributed by atoms with Crippen molar-refractivity contribution < 1.29 is 13.7 Å². The number of carbonyl (C=O) groups excluding carboxylic acids is 1. The highest BCUT2D eigenvalue weighted by molar-refractivity contribution is 7.86. The second kappa shape index (κ2) is 6.55. The van der Waals surface area contributed by atoms with Gasteiger partial charge in [0.25, 0.3) is 0 Å². The van der Waals surface area contributed by atoms with Gasteiger partial charge in [-0.2, -0.15) is 0 Å². The number of carbonyl (C=O) groups is 1. The van der Waals surface area contributed by atoms with Gasteiger partial charge in [-0.15, -0.1) is 0 Å². The van der Waals surface area contributed by atoms with Crippen LogP contribution in [0.4, 0.5) is 0 Å². The zero-order valence-electron chi connectivity index (χ0n) is 10.4. The zero-order chi connectivity index (χ0) is 12.8. The van der Waals surface area contributed by atoms with Crippen LogP contribution in [0, 0.1) is 0 Å². The molecule has 0 amide bonds. The van der Waals surface area contributed by atoms with E-state index in [0.29, 0.717) is 11.3 Å². The van der Waals surface area contributed by atoms with E-state index in [2.05, 4.69) is 0 Å². The number of hydrogen-bond acceptors (Lipinski definition) is 3. The number of hydrogen-bond donors (Lipinski definition) is 0. The maximum Gasteiger partial charge on any atom is 0.175 e. The minimum Gasteiger partial charge on any atom is -0.497 e. The zero-order valence-corrected chi connectivity index (χ0v) is 11.3. The molecular formula is C13H18O3S. The first-order valence-electron chi connectivity index (χ1n) is 5.63. The number of ether oxygens (including phenoxy) is 1.